The summed E-state index contributed by atoms with van der Waals surface area (Å²) in [5.74, 6) is 0.817. The third-order valence-electron chi connectivity index (χ3n) is 4.26. The van der Waals surface area contributed by atoms with Crippen LogP contribution in [0.5, 0.6) is 0 Å². The van der Waals surface area contributed by atoms with Crippen LogP contribution in [0.3, 0.4) is 0 Å². The second-order valence-electron chi connectivity index (χ2n) is 5.82. The summed E-state index contributed by atoms with van der Waals surface area (Å²) in [5.41, 5.74) is 5.70. The maximum absolute atomic E-state index is 11.3. The highest BCUT2D eigenvalue weighted by Crippen LogP contribution is 2.34. The molecule has 0 amide bonds. The molecule has 1 aromatic heterocycles. The Labute approximate surface area is 128 Å². The van der Waals surface area contributed by atoms with E-state index in [9.17, 15) is 10.1 Å². The first-order chi connectivity index (χ1) is 10.6. The van der Waals surface area contributed by atoms with Gasteiger partial charge in [0.15, 0.2) is 0 Å². The largest absolute Gasteiger partial charge is 0.378 e. The van der Waals surface area contributed by atoms with Crippen molar-refractivity contribution in [2.24, 2.45) is 0 Å². The number of nitrogens with two attached hydrogens (primary N) is 1. The molecule has 2 aliphatic heterocycles. The second-order valence-corrected chi connectivity index (χ2v) is 5.82. The van der Waals surface area contributed by atoms with E-state index in [-0.39, 0.29) is 11.5 Å². The van der Waals surface area contributed by atoms with Crippen molar-refractivity contribution in [3.8, 4) is 0 Å². The lowest BCUT2D eigenvalue weighted by atomic mass is 10.3. The van der Waals surface area contributed by atoms with Crippen molar-refractivity contribution in [1.29, 1.82) is 0 Å². The Bertz CT molecular complexity index is 566. The molecule has 2 N–H and O–H groups in total. The zero-order valence-corrected chi connectivity index (χ0v) is 12.7. The summed E-state index contributed by atoms with van der Waals surface area (Å²) < 4.78 is 0. The van der Waals surface area contributed by atoms with Crippen LogP contribution in [-0.4, -0.2) is 66.1 Å². The molecular formula is C13H21N7O2. The first-order valence-electron chi connectivity index (χ1n) is 7.56. The van der Waals surface area contributed by atoms with Gasteiger partial charge in [-0.15, -0.1) is 0 Å². The van der Waals surface area contributed by atoms with Crippen LogP contribution in [-0.2, 0) is 0 Å². The Hall–Kier alpha value is -2.16. The van der Waals surface area contributed by atoms with Crippen molar-refractivity contribution in [2.45, 2.75) is 12.8 Å². The maximum Gasteiger partial charge on any atom is 0.353 e. The summed E-state index contributed by atoms with van der Waals surface area (Å²) >= 11 is 0. The van der Waals surface area contributed by atoms with Gasteiger partial charge >= 0.3 is 5.69 Å². The Kier molecular flexibility index (Phi) is 3.97. The number of piperazine rings is 1. The van der Waals surface area contributed by atoms with Crippen LogP contribution in [0.1, 0.15) is 12.8 Å². The van der Waals surface area contributed by atoms with E-state index >= 15 is 0 Å². The number of aromatic nitrogens is 2. The maximum atomic E-state index is 11.3. The normalized spacial score (nSPS) is 19.7. The highest BCUT2D eigenvalue weighted by atomic mass is 16.6. The lowest BCUT2D eigenvalue weighted by Crippen LogP contribution is -2.45. The molecule has 0 spiro atoms. The van der Waals surface area contributed by atoms with Gasteiger partial charge in [0.1, 0.15) is 0 Å². The molecule has 22 heavy (non-hydrogen) atoms. The van der Waals surface area contributed by atoms with Crippen molar-refractivity contribution in [2.75, 3.05) is 61.8 Å². The van der Waals surface area contributed by atoms with Gasteiger partial charge in [0.05, 0.1) is 4.92 Å². The van der Waals surface area contributed by atoms with Gasteiger partial charge in [0.25, 0.3) is 0 Å². The molecule has 3 heterocycles. The van der Waals surface area contributed by atoms with E-state index in [1.165, 1.54) is 0 Å². The lowest BCUT2D eigenvalue weighted by molar-refractivity contribution is -0.383. The summed E-state index contributed by atoms with van der Waals surface area (Å²) in [4.78, 5) is 25.7. The summed E-state index contributed by atoms with van der Waals surface area (Å²) in [6.45, 7) is 4.98. The minimum absolute atomic E-state index is 0.0455. The molecule has 0 atom stereocenters. The molecule has 120 valence electrons. The zero-order valence-electron chi connectivity index (χ0n) is 12.7. The zero-order chi connectivity index (χ0) is 15.7. The predicted octanol–water partition coefficient (Wildman–Crippen LogP) is 0.319. The van der Waals surface area contributed by atoms with Gasteiger partial charge in [-0.2, -0.15) is 9.97 Å². The topological polar surface area (TPSA) is 105 Å². The van der Waals surface area contributed by atoms with Gasteiger partial charge in [0, 0.05) is 39.3 Å². The van der Waals surface area contributed by atoms with E-state index in [2.05, 4.69) is 21.9 Å². The molecule has 0 bridgehead atoms. The molecule has 2 saturated heterocycles. The molecule has 9 nitrogen and oxygen atoms in total. The molecule has 0 aliphatic carbocycles. The fraction of sp³-hybridized carbons (Fsp3) is 0.692. The summed E-state index contributed by atoms with van der Waals surface area (Å²) in [6, 6.07) is 0. The van der Waals surface area contributed by atoms with Crippen LogP contribution in [0.2, 0.25) is 0 Å². The Morgan fingerprint density at radius 1 is 1.05 bits per heavy atom. The van der Waals surface area contributed by atoms with Gasteiger partial charge in [-0.3, -0.25) is 10.1 Å². The molecule has 0 aromatic carbocycles. The predicted molar refractivity (Wildman–Crippen MR) is 84.3 cm³/mol. The first kappa shape index (κ1) is 14.8. The van der Waals surface area contributed by atoms with E-state index in [0.29, 0.717) is 11.8 Å². The van der Waals surface area contributed by atoms with E-state index in [1.54, 1.807) is 0 Å². The summed E-state index contributed by atoms with van der Waals surface area (Å²) in [7, 11) is 2.07. The van der Waals surface area contributed by atoms with Crippen LogP contribution in [0, 0.1) is 10.1 Å². The van der Waals surface area contributed by atoms with Crippen LogP contribution < -0.4 is 15.5 Å². The molecule has 0 unspecified atom stereocenters. The van der Waals surface area contributed by atoms with Crippen molar-refractivity contribution in [1.82, 2.24) is 14.9 Å². The molecule has 2 fully saturated rings. The molecule has 2 aliphatic rings. The Morgan fingerprint density at radius 3 is 2.27 bits per heavy atom. The highest BCUT2D eigenvalue weighted by Gasteiger charge is 2.30. The average molecular weight is 307 g/mol. The molecule has 0 saturated carbocycles. The SMILES string of the molecule is CN1CCN(c2nc(N)c([N+](=O)[O-])c(N3CCCC3)n2)CC1. The van der Waals surface area contributed by atoms with E-state index in [1.807, 2.05) is 9.80 Å². The number of hydrogen-bond donors (Lipinski definition) is 1. The standard InChI is InChI=1S/C13H21N7O2/c1-17-6-8-19(9-7-17)13-15-11(14)10(20(21)22)12(16-13)18-4-2-3-5-18/h2-9H2,1H3,(H2,14,15,16). The third kappa shape index (κ3) is 2.76. The fourth-order valence-electron chi connectivity index (χ4n) is 2.92. The van der Waals surface area contributed by atoms with Crippen LogP contribution in [0.25, 0.3) is 0 Å². The molecular weight excluding hydrogens is 286 g/mol. The van der Waals surface area contributed by atoms with Gasteiger partial charge < -0.3 is 20.4 Å². The fourth-order valence-corrected chi connectivity index (χ4v) is 2.92. The van der Waals surface area contributed by atoms with Crippen molar-refractivity contribution in [3.05, 3.63) is 10.1 Å². The van der Waals surface area contributed by atoms with Crippen LogP contribution >= 0.6 is 0 Å². The number of nitrogens with zero attached hydrogens (tertiary/aromatic N) is 6. The number of likely N-dealkylation sites (N-methyl/N-ethyl adjacent to an activating group) is 1. The number of hydrogen-bond acceptors (Lipinski definition) is 8. The molecule has 1 aromatic rings. The van der Waals surface area contributed by atoms with E-state index in [0.717, 1.165) is 52.1 Å². The van der Waals surface area contributed by atoms with Gasteiger partial charge in [-0.05, 0) is 19.9 Å². The Balaban J connectivity index is 1.96. The van der Waals surface area contributed by atoms with Crippen LogP contribution in [0.4, 0.5) is 23.3 Å². The van der Waals surface area contributed by atoms with Crippen molar-refractivity contribution < 1.29 is 4.92 Å². The minimum Gasteiger partial charge on any atom is -0.378 e. The lowest BCUT2D eigenvalue weighted by Gasteiger charge is -2.32. The van der Waals surface area contributed by atoms with Crippen molar-refractivity contribution >= 4 is 23.3 Å². The molecule has 9 heteroatoms. The van der Waals surface area contributed by atoms with Crippen molar-refractivity contribution in [3.63, 3.8) is 0 Å². The smallest absolute Gasteiger partial charge is 0.353 e. The van der Waals surface area contributed by atoms with E-state index in [4.69, 9.17) is 5.73 Å². The summed E-state index contributed by atoms with van der Waals surface area (Å²) in [5, 5.41) is 11.3. The average Bonchev–Trinajstić information content (AvgIpc) is 3.00. The first-order valence-corrected chi connectivity index (χ1v) is 7.56. The van der Waals surface area contributed by atoms with E-state index < -0.39 is 4.92 Å². The highest BCUT2D eigenvalue weighted by molar-refractivity contribution is 5.71. The van der Waals surface area contributed by atoms with Gasteiger partial charge in [-0.25, -0.2) is 0 Å². The molecule has 0 radical (unpaired) electrons. The summed E-state index contributed by atoms with van der Waals surface area (Å²) in [6.07, 6.45) is 2.04. The third-order valence-corrected chi connectivity index (χ3v) is 4.26. The quantitative estimate of drug-likeness (QED) is 0.629. The van der Waals surface area contributed by atoms with Gasteiger partial charge in [-0.1, -0.05) is 0 Å². The van der Waals surface area contributed by atoms with Gasteiger partial charge in [0.2, 0.25) is 17.6 Å². The van der Waals surface area contributed by atoms with Crippen LogP contribution in [0.15, 0.2) is 0 Å². The molecule has 3 rings (SSSR count). The Morgan fingerprint density at radius 2 is 1.68 bits per heavy atom. The number of rotatable bonds is 3. The number of nitro groups is 1. The number of anilines is 3. The number of nitrogen functional groups attached to an aromatic ring is 1. The minimum atomic E-state index is -0.475. The second kappa shape index (κ2) is 5.91. The monoisotopic (exact) mass is 307 g/mol.